The van der Waals surface area contributed by atoms with Crippen LogP contribution in [0.5, 0.6) is 0 Å². The number of rotatable bonds is 4. The van der Waals surface area contributed by atoms with E-state index in [0.29, 0.717) is 30.8 Å². The van der Waals surface area contributed by atoms with E-state index in [1.165, 1.54) is 5.56 Å². The summed E-state index contributed by atoms with van der Waals surface area (Å²) in [7, 11) is -3.29. The Morgan fingerprint density at radius 1 is 1.11 bits per heavy atom. The molecule has 1 aromatic heterocycles. The number of aromatic nitrogens is 1. The van der Waals surface area contributed by atoms with Crippen LogP contribution in [-0.4, -0.2) is 31.7 Å². The molecular formula is C21H21BrN2O2S2. The molecule has 1 fully saturated rings. The van der Waals surface area contributed by atoms with E-state index in [1.807, 2.05) is 6.07 Å². The second-order valence-electron chi connectivity index (χ2n) is 7.07. The van der Waals surface area contributed by atoms with Crippen LogP contribution < -0.4 is 4.90 Å². The van der Waals surface area contributed by atoms with Gasteiger partial charge in [0.05, 0.1) is 15.8 Å². The molecule has 3 aromatic rings. The third-order valence-electron chi connectivity index (χ3n) is 5.10. The quantitative estimate of drug-likeness (QED) is 0.510. The molecule has 0 radical (unpaired) electrons. The summed E-state index contributed by atoms with van der Waals surface area (Å²) in [6, 6.07) is 15.3. The van der Waals surface area contributed by atoms with E-state index in [1.54, 1.807) is 35.6 Å². The van der Waals surface area contributed by atoms with Gasteiger partial charge in [-0.05, 0) is 50.1 Å². The first kappa shape index (κ1) is 19.6. The van der Waals surface area contributed by atoms with E-state index in [9.17, 15) is 8.42 Å². The van der Waals surface area contributed by atoms with Gasteiger partial charge in [-0.1, -0.05) is 39.7 Å². The number of hydrogen-bond acceptors (Lipinski definition) is 5. The Bertz CT molecular complexity index is 1070. The van der Waals surface area contributed by atoms with Gasteiger partial charge >= 0.3 is 0 Å². The summed E-state index contributed by atoms with van der Waals surface area (Å²) >= 11 is 4.98. The van der Waals surface area contributed by atoms with Crippen molar-refractivity contribution in [3.8, 4) is 11.3 Å². The Morgan fingerprint density at radius 2 is 1.82 bits per heavy atom. The minimum Gasteiger partial charge on any atom is -0.348 e. The Balaban J connectivity index is 1.45. The topological polar surface area (TPSA) is 50.3 Å². The van der Waals surface area contributed by atoms with Crippen LogP contribution in [0, 0.1) is 6.92 Å². The minimum absolute atomic E-state index is 0.332. The number of halogens is 1. The lowest BCUT2D eigenvalue weighted by Crippen LogP contribution is -2.39. The van der Waals surface area contributed by atoms with E-state index >= 15 is 0 Å². The number of hydrogen-bond donors (Lipinski definition) is 0. The molecule has 0 saturated carbocycles. The van der Waals surface area contributed by atoms with Crippen molar-refractivity contribution in [2.75, 3.05) is 18.0 Å². The van der Waals surface area contributed by atoms with E-state index in [0.717, 1.165) is 20.9 Å². The molecule has 7 heteroatoms. The van der Waals surface area contributed by atoms with E-state index in [4.69, 9.17) is 4.98 Å². The number of nitrogens with zero attached hydrogens (tertiary/aromatic N) is 2. The molecule has 0 bridgehead atoms. The number of benzene rings is 2. The second kappa shape index (κ2) is 7.97. The zero-order chi connectivity index (χ0) is 19.7. The van der Waals surface area contributed by atoms with Gasteiger partial charge in [-0.3, -0.25) is 0 Å². The number of aryl methyl sites for hydroxylation is 1. The molecule has 2 heterocycles. The fourth-order valence-corrected chi connectivity index (χ4v) is 6.41. The molecular weight excluding hydrogens is 456 g/mol. The van der Waals surface area contributed by atoms with Gasteiger partial charge in [0.15, 0.2) is 15.0 Å². The summed E-state index contributed by atoms with van der Waals surface area (Å²) in [5.74, 6) is 0. The normalized spacial score (nSPS) is 15.7. The van der Waals surface area contributed by atoms with Crippen molar-refractivity contribution < 1.29 is 8.42 Å². The molecule has 28 heavy (non-hydrogen) atoms. The molecule has 0 amide bonds. The SMILES string of the molecule is Cc1cccc(-c2csc(N3CCC(S(=O)(=O)c4ccc(Br)cc4)CC3)n2)c1. The zero-order valence-electron chi connectivity index (χ0n) is 15.5. The average molecular weight is 477 g/mol. The van der Waals surface area contributed by atoms with Crippen LogP contribution in [0.1, 0.15) is 18.4 Å². The predicted molar refractivity (Wildman–Crippen MR) is 119 cm³/mol. The average Bonchev–Trinajstić information content (AvgIpc) is 3.19. The van der Waals surface area contributed by atoms with Crippen LogP contribution in [-0.2, 0) is 9.84 Å². The summed E-state index contributed by atoms with van der Waals surface area (Å²) in [5, 5.41) is 2.71. The third kappa shape index (κ3) is 4.02. The maximum absolute atomic E-state index is 12.9. The highest BCUT2D eigenvalue weighted by molar-refractivity contribution is 9.10. The van der Waals surface area contributed by atoms with Crippen molar-refractivity contribution >= 4 is 42.2 Å². The van der Waals surface area contributed by atoms with Gasteiger partial charge in [0.2, 0.25) is 0 Å². The molecule has 0 atom stereocenters. The standard InChI is InChI=1S/C21H21BrN2O2S2/c1-15-3-2-4-16(13-15)20-14-27-21(23-20)24-11-9-19(10-12-24)28(25,26)18-7-5-17(22)6-8-18/h2-8,13-14,19H,9-12H2,1H3. The molecule has 0 spiro atoms. The third-order valence-corrected chi connectivity index (χ3v) is 8.81. The van der Waals surface area contributed by atoms with Crippen molar-refractivity contribution in [2.45, 2.75) is 29.9 Å². The van der Waals surface area contributed by atoms with Crippen LogP contribution >= 0.6 is 27.3 Å². The van der Waals surface area contributed by atoms with Gasteiger partial charge in [-0.25, -0.2) is 13.4 Å². The first-order chi connectivity index (χ1) is 13.4. The Morgan fingerprint density at radius 3 is 2.50 bits per heavy atom. The molecule has 146 valence electrons. The largest absolute Gasteiger partial charge is 0.348 e. The maximum atomic E-state index is 12.9. The molecule has 1 aliphatic heterocycles. The molecule has 2 aromatic carbocycles. The summed E-state index contributed by atoms with van der Waals surface area (Å²) in [4.78, 5) is 7.40. The van der Waals surface area contributed by atoms with Crippen LogP contribution in [0.3, 0.4) is 0 Å². The van der Waals surface area contributed by atoms with Gasteiger partial charge in [0.1, 0.15) is 0 Å². The lowest BCUT2D eigenvalue weighted by Gasteiger charge is -2.31. The Hall–Kier alpha value is -1.70. The summed E-state index contributed by atoms with van der Waals surface area (Å²) in [5.41, 5.74) is 3.31. The summed E-state index contributed by atoms with van der Waals surface area (Å²) in [6.45, 7) is 3.50. The molecule has 0 aliphatic carbocycles. The summed E-state index contributed by atoms with van der Waals surface area (Å²) in [6.07, 6.45) is 1.25. The molecule has 4 rings (SSSR count). The van der Waals surface area contributed by atoms with E-state index in [2.05, 4.69) is 51.3 Å². The van der Waals surface area contributed by atoms with Gasteiger partial charge in [-0.2, -0.15) is 0 Å². The van der Waals surface area contributed by atoms with Gasteiger partial charge in [0, 0.05) is 28.5 Å². The molecule has 0 N–H and O–H groups in total. The highest BCUT2D eigenvalue weighted by atomic mass is 79.9. The molecule has 0 unspecified atom stereocenters. The first-order valence-electron chi connectivity index (χ1n) is 9.20. The van der Waals surface area contributed by atoms with Gasteiger partial charge < -0.3 is 4.90 Å². The van der Waals surface area contributed by atoms with Crippen molar-refractivity contribution in [1.29, 1.82) is 0 Å². The van der Waals surface area contributed by atoms with Crippen molar-refractivity contribution in [2.24, 2.45) is 0 Å². The van der Waals surface area contributed by atoms with E-state index < -0.39 is 9.84 Å². The van der Waals surface area contributed by atoms with Crippen LogP contribution in [0.4, 0.5) is 5.13 Å². The number of sulfone groups is 1. The zero-order valence-corrected chi connectivity index (χ0v) is 18.7. The van der Waals surface area contributed by atoms with E-state index in [-0.39, 0.29) is 5.25 Å². The first-order valence-corrected chi connectivity index (χ1v) is 12.4. The highest BCUT2D eigenvalue weighted by Gasteiger charge is 2.32. The number of piperidine rings is 1. The summed E-state index contributed by atoms with van der Waals surface area (Å²) < 4.78 is 26.7. The molecule has 4 nitrogen and oxygen atoms in total. The highest BCUT2D eigenvalue weighted by Crippen LogP contribution is 2.32. The monoisotopic (exact) mass is 476 g/mol. The van der Waals surface area contributed by atoms with Crippen molar-refractivity contribution in [3.05, 3.63) is 63.9 Å². The van der Waals surface area contributed by atoms with Gasteiger partial charge in [0.25, 0.3) is 0 Å². The Kier molecular flexibility index (Phi) is 5.58. The number of anilines is 1. The fourth-order valence-electron chi connectivity index (χ4n) is 3.52. The lowest BCUT2D eigenvalue weighted by atomic mass is 10.1. The fraction of sp³-hybridized carbons (Fsp3) is 0.286. The number of thiazole rings is 1. The maximum Gasteiger partial charge on any atom is 0.185 e. The van der Waals surface area contributed by atoms with Crippen LogP contribution in [0.25, 0.3) is 11.3 Å². The Labute approximate surface area is 178 Å². The minimum atomic E-state index is -3.29. The second-order valence-corrected chi connectivity index (χ2v) is 11.1. The van der Waals surface area contributed by atoms with Crippen LogP contribution in [0.15, 0.2) is 63.3 Å². The van der Waals surface area contributed by atoms with Crippen LogP contribution in [0.2, 0.25) is 0 Å². The smallest absolute Gasteiger partial charge is 0.185 e. The van der Waals surface area contributed by atoms with Crippen molar-refractivity contribution in [3.63, 3.8) is 0 Å². The molecule has 1 saturated heterocycles. The predicted octanol–water partition coefficient (Wildman–Crippen LogP) is 5.32. The lowest BCUT2D eigenvalue weighted by molar-refractivity contribution is 0.529. The van der Waals surface area contributed by atoms with Gasteiger partial charge in [-0.15, -0.1) is 11.3 Å². The molecule has 1 aliphatic rings. The van der Waals surface area contributed by atoms with Crippen molar-refractivity contribution in [1.82, 2.24) is 4.98 Å².